The molecule has 3 heteroatoms. The van der Waals surface area contributed by atoms with Crippen molar-refractivity contribution in [3.63, 3.8) is 0 Å². The van der Waals surface area contributed by atoms with Crippen LogP contribution in [-0.2, 0) is 0 Å². The highest BCUT2D eigenvalue weighted by molar-refractivity contribution is 5.95. The Labute approximate surface area is 157 Å². The SMILES string of the molecule is Cc1ccc2[nH]cc(-c3nc(-c4ccccc4)c(-c4ccccc4)[nH]3)c2c1. The highest BCUT2D eigenvalue weighted by atomic mass is 14.9. The number of rotatable bonds is 3. The third kappa shape index (κ3) is 2.74. The molecular formula is C24H19N3. The standard InChI is InChI=1S/C24H19N3/c1-16-12-13-21-19(14-16)20(15-25-21)24-26-22(17-8-4-2-5-9-17)23(27-24)18-10-6-3-7-11-18/h2-15,25H,1H3,(H,26,27). The molecule has 2 aromatic heterocycles. The zero-order chi connectivity index (χ0) is 18.2. The molecular weight excluding hydrogens is 330 g/mol. The van der Waals surface area contributed by atoms with E-state index in [0.29, 0.717) is 0 Å². The fourth-order valence-corrected chi connectivity index (χ4v) is 3.55. The largest absolute Gasteiger partial charge is 0.360 e. The van der Waals surface area contributed by atoms with Crippen LogP contribution in [0.2, 0.25) is 0 Å². The van der Waals surface area contributed by atoms with Gasteiger partial charge in [0.25, 0.3) is 0 Å². The minimum absolute atomic E-state index is 0.879. The molecule has 2 N–H and O–H groups in total. The Hall–Kier alpha value is -3.59. The van der Waals surface area contributed by atoms with Crippen molar-refractivity contribution in [1.82, 2.24) is 15.0 Å². The summed E-state index contributed by atoms with van der Waals surface area (Å²) in [6.45, 7) is 2.11. The molecule has 5 aromatic rings. The molecule has 0 aliphatic carbocycles. The van der Waals surface area contributed by atoms with E-state index in [4.69, 9.17) is 4.98 Å². The van der Waals surface area contributed by atoms with Crippen LogP contribution in [0.3, 0.4) is 0 Å². The lowest BCUT2D eigenvalue weighted by Gasteiger charge is -2.02. The van der Waals surface area contributed by atoms with Gasteiger partial charge in [0.1, 0.15) is 5.82 Å². The molecule has 27 heavy (non-hydrogen) atoms. The summed E-state index contributed by atoms with van der Waals surface area (Å²) in [5.74, 6) is 0.879. The van der Waals surface area contributed by atoms with Crippen LogP contribution >= 0.6 is 0 Å². The number of imidazole rings is 1. The van der Waals surface area contributed by atoms with Gasteiger partial charge in [0.2, 0.25) is 0 Å². The molecule has 5 rings (SSSR count). The number of hydrogen-bond donors (Lipinski definition) is 2. The molecule has 0 bridgehead atoms. The maximum absolute atomic E-state index is 5.00. The zero-order valence-corrected chi connectivity index (χ0v) is 15.0. The Morgan fingerprint density at radius 2 is 1.48 bits per heavy atom. The maximum Gasteiger partial charge on any atom is 0.140 e. The molecule has 0 spiro atoms. The molecule has 0 saturated carbocycles. The molecule has 0 amide bonds. The number of hydrogen-bond acceptors (Lipinski definition) is 1. The van der Waals surface area contributed by atoms with Gasteiger partial charge in [-0.25, -0.2) is 4.98 Å². The first-order valence-electron chi connectivity index (χ1n) is 9.08. The van der Waals surface area contributed by atoms with Gasteiger partial charge >= 0.3 is 0 Å². The zero-order valence-electron chi connectivity index (χ0n) is 15.0. The Bertz CT molecular complexity index is 1160. The number of aromatic nitrogens is 3. The van der Waals surface area contributed by atoms with Gasteiger partial charge in [0.05, 0.1) is 11.4 Å². The van der Waals surface area contributed by atoms with Crippen molar-refractivity contribution in [2.75, 3.05) is 0 Å². The predicted octanol–water partition coefficient (Wildman–Crippen LogP) is 6.20. The van der Waals surface area contributed by atoms with Crippen molar-refractivity contribution in [2.24, 2.45) is 0 Å². The number of nitrogens with zero attached hydrogens (tertiary/aromatic N) is 1. The van der Waals surface area contributed by atoms with Gasteiger partial charge in [-0.1, -0.05) is 72.3 Å². The fraction of sp³-hybridized carbons (Fsp3) is 0.0417. The molecule has 3 aromatic carbocycles. The van der Waals surface area contributed by atoms with E-state index in [1.165, 1.54) is 10.9 Å². The number of fused-ring (bicyclic) bond motifs is 1. The van der Waals surface area contributed by atoms with Crippen molar-refractivity contribution in [1.29, 1.82) is 0 Å². The summed E-state index contributed by atoms with van der Waals surface area (Å²) in [5.41, 5.74) is 7.70. The number of benzene rings is 3. The summed E-state index contributed by atoms with van der Waals surface area (Å²) in [6, 6.07) is 27.1. The Morgan fingerprint density at radius 1 is 0.778 bits per heavy atom. The average Bonchev–Trinajstić information content (AvgIpc) is 3.33. The summed E-state index contributed by atoms with van der Waals surface area (Å²) >= 11 is 0. The van der Waals surface area contributed by atoms with Crippen molar-refractivity contribution in [3.05, 3.63) is 90.6 Å². The van der Waals surface area contributed by atoms with Gasteiger partial charge in [-0.3, -0.25) is 0 Å². The number of nitrogens with one attached hydrogen (secondary N) is 2. The topological polar surface area (TPSA) is 44.5 Å². The lowest BCUT2D eigenvalue weighted by atomic mass is 10.1. The van der Waals surface area contributed by atoms with Crippen LogP contribution in [-0.4, -0.2) is 15.0 Å². The highest BCUT2D eigenvalue weighted by Gasteiger charge is 2.17. The van der Waals surface area contributed by atoms with Gasteiger partial charge in [0, 0.05) is 33.8 Å². The Kier molecular flexibility index (Phi) is 3.65. The van der Waals surface area contributed by atoms with Crippen molar-refractivity contribution in [2.45, 2.75) is 6.92 Å². The van der Waals surface area contributed by atoms with Gasteiger partial charge in [-0.05, 0) is 19.1 Å². The minimum Gasteiger partial charge on any atom is -0.360 e. The Balaban J connectivity index is 1.75. The van der Waals surface area contributed by atoms with E-state index in [-0.39, 0.29) is 0 Å². The maximum atomic E-state index is 5.00. The molecule has 2 heterocycles. The van der Waals surface area contributed by atoms with Crippen LogP contribution in [0.25, 0.3) is 44.8 Å². The average molecular weight is 349 g/mol. The van der Waals surface area contributed by atoms with E-state index in [1.807, 2.05) is 30.5 Å². The van der Waals surface area contributed by atoms with Crippen LogP contribution in [0, 0.1) is 6.92 Å². The monoisotopic (exact) mass is 349 g/mol. The molecule has 0 aliphatic heterocycles. The summed E-state index contributed by atoms with van der Waals surface area (Å²) in [6.07, 6.45) is 2.03. The smallest absolute Gasteiger partial charge is 0.140 e. The second-order valence-corrected chi connectivity index (χ2v) is 6.79. The lowest BCUT2D eigenvalue weighted by molar-refractivity contribution is 1.31. The number of aryl methyl sites for hydroxylation is 1. The van der Waals surface area contributed by atoms with E-state index in [2.05, 4.69) is 71.5 Å². The van der Waals surface area contributed by atoms with Crippen LogP contribution in [0.5, 0.6) is 0 Å². The summed E-state index contributed by atoms with van der Waals surface area (Å²) < 4.78 is 0. The molecule has 0 saturated heterocycles. The normalized spacial score (nSPS) is 11.1. The first-order chi connectivity index (χ1) is 13.3. The van der Waals surface area contributed by atoms with Crippen LogP contribution in [0.4, 0.5) is 0 Å². The van der Waals surface area contributed by atoms with Gasteiger partial charge in [0.15, 0.2) is 0 Å². The quantitative estimate of drug-likeness (QED) is 0.400. The molecule has 130 valence electrons. The van der Waals surface area contributed by atoms with Crippen LogP contribution in [0.1, 0.15) is 5.56 Å². The summed E-state index contributed by atoms with van der Waals surface area (Å²) in [5, 5.41) is 1.18. The second kappa shape index (κ2) is 6.29. The summed E-state index contributed by atoms with van der Waals surface area (Å²) in [7, 11) is 0. The van der Waals surface area contributed by atoms with Crippen molar-refractivity contribution < 1.29 is 0 Å². The van der Waals surface area contributed by atoms with Gasteiger partial charge in [-0.2, -0.15) is 0 Å². The van der Waals surface area contributed by atoms with Crippen LogP contribution < -0.4 is 0 Å². The van der Waals surface area contributed by atoms with Gasteiger partial charge < -0.3 is 9.97 Å². The molecule has 0 radical (unpaired) electrons. The van der Waals surface area contributed by atoms with E-state index in [0.717, 1.165) is 39.4 Å². The fourth-order valence-electron chi connectivity index (χ4n) is 3.55. The highest BCUT2D eigenvalue weighted by Crippen LogP contribution is 2.35. The molecule has 0 atom stereocenters. The van der Waals surface area contributed by atoms with Crippen LogP contribution in [0.15, 0.2) is 85.1 Å². The van der Waals surface area contributed by atoms with Crippen molar-refractivity contribution in [3.8, 4) is 33.9 Å². The first kappa shape index (κ1) is 15.6. The lowest BCUT2D eigenvalue weighted by Crippen LogP contribution is -1.82. The summed E-state index contributed by atoms with van der Waals surface area (Å²) in [4.78, 5) is 11.9. The molecule has 0 aliphatic rings. The second-order valence-electron chi connectivity index (χ2n) is 6.79. The predicted molar refractivity (Wildman–Crippen MR) is 111 cm³/mol. The third-order valence-corrected chi connectivity index (χ3v) is 4.91. The minimum atomic E-state index is 0.879. The third-order valence-electron chi connectivity index (χ3n) is 4.91. The first-order valence-corrected chi connectivity index (χ1v) is 9.08. The van der Waals surface area contributed by atoms with E-state index >= 15 is 0 Å². The molecule has 0 fully saturated rings. The number of H-pyrrole nitrogens is 2. The van der Waals surface area contributed by atoms with Crippen molar-refractivity contribution >= 4 is 10.9 Å². The van der Waals surface area contributed by atoms with Gasteiger partial charge in [-0.15, -0.1) is 0 Å². The molecule has 3 nitrogen and oxygen atoms in total. The number of aromatic amines is 2. The van der Waals surface area contributed by atoms with E-state index < -0.39 is 0 Å². The Morgan fingerprint density at radius 3 is 2.22 bits per heavy atom. The van der Waals surface area contributed by atoms with E-state index in [1.54, 1.807) is 0 Å². The molecule has 0 unspecified atom stereocenters. The van der Waals surface area contributed by atoms with E-state index in [9.17, 15) is 0 Å².